The van der Waals surface area contributed by atoms with E-state index in [1.807, 2.05) is 13.8 Å². The molecule has 0 aromatic heterocycles. The van der Waals surface area contributed by atoms with Gasteiger partial charge in [0.25, 0.3) is 0 Å². The van der Waals surface area contributed by atoms with Gasteiger partial charge >= 0.3 is 12.1 Å². The summed E-state index contributed by atoms with van der Waals surface area (Å²) in [6, 6.07) is 10.2. The van der Waals surface area contributed by atoms with Crippen molar-refractivity contribution in [2.45, 2.75) is 44.7 Å². The number of phenols is 1. The molecule has 0 amide bonds. The van der Waals surface area contributed by atoms with Crippen molar-refractivity contribution in [2.24, 2.45) is 0 Å². The van der Waals surface area contributed by atoms with Crippen molar-refractivity contribution < 1.29 is 28.2 Å². The van der Waals surface area contributed by atoms with E-state index in [0.717, 1.165) is 24.1 Å². The fourth-order valence-electron chi connectivity index (χ4n) is 2.87. The normalized spacial score (nSPS) is 14.0. The highest BCUT2D eigenvalue weighted by molar-refractivity contribution is 5.87. The van der Waals surface area contributed by atoms with Crippen molar-refractivity contribution in [1.82, 2.24) is 0 Å². The summed E-state index contributed by atoms with van der Waals surface area (Å²) in [6.45, 7) is 3.85. The summed E-state index contributed by atoms with van der Waals surface area (Å²) >= 11 is 0. The number of aromatic carboxylic acids is 1. The first-order valence-corrected chi connectivity index (χ1v) is 8.33. The molecule has 2 unspecified atom stereocenters. The van der Waals surface area contributed by atoms with E-state index in [1.165, 1.54) is 6.07 Å². The largest absolute Gasteiger partial charge is 0.507 e. The predicted molar refractivity (Wildman–Crippen MR) is 92.6 cm³/mol. The summed E-state index contributed by atoms with van der Waals surface area (Å²) in [4.78, 5) is 10.9. The number of rotatable bonds is 6. The van der Waals surface area contributed by atoms with Gasteiger partial charge in [-0.15, -0.1) is 0 Å². The molecule has 0 saturated heterocycles. The van der Waals surface area contributed by atoms with E-state index in [2.05, 4.69) is 0 Å². The second-order valence-electron chi connectivity index (χ2n) is 6.58. The van der Waals surface area contributed by atoms with E-state index in [0.29, 0.717) is 12.0 Å². The van der Waals surface area contributed by atoms with E-state index in [-0.39, 0.29) is 17.4 Å². The second-order valence-corrected chi connectivity index (χ2v) is 6.58. The lowest BCUT2D eigenvalue weighted by Gasteiger charge is -2.18. The number of hydrogen-bond acceptors (Lipinski definition) is 2. The highest BCUT2D eigenvalue weighted by atomic mass is 19.4. The van der Waals surface area contributed by atoms with Gasteiger partial charge in [0, 0.05) is 0 Å². The molecule has 2 atom stereocenters. The Labute approximate surface area is 150 Å². The Kier molecular flexibility index (Phi) is 5.95. The van der Waals surface area contributed by atoms with Gasteiger partial charge < -0.3 is 10.2 Å². The lowest BCUT2D eigenvalue weighted by atomic mass is 9.88. The molecule has 26 heavy (non-hydrogen) atoms. The lowest BCUT2D eigenvalue weighted by Crippen LogP contribution is -2.07. The van der Waals surface area contributed by atoms with Gasteiger partial charge in [-0.1, -0.05) is 32.0 Å². The van der Waals surface area contributed by atoms with Gasteiger partial charge in [-0.3, -0.25) is 0 Å². The maximum absolute atomic E-state index is 12.9. The number of benzene rings is 2. The molecule has 0 aliphatic carbocycles. The molecule has 0 heterocycles. The van der Waals surface area contributed by atoms with E-state index in [1.54, 1.807) is 24.3 Å². The van der Waals surface area contributed by atoms with Crippen LogP contribution in [-0.4, -0.2) is 16.2 Å². The molecule has 0 fully saturated rings. The summed E-state index contributed by atoms with van der Waals surface area (Å²) in [5.41, 5.74) is 0.727. The maximum atomic E-state index is 12.9. The zero-order chi connectivity index (χ0) is 19.5. The predicted octanol–water partition coefficient (Wildman–Crippen LogP) is 5.80. The van der Waals surface area contributed by atoms with Crippen LogP contribution in [0, 0.1) is 0 Å². The average Bonchev–Trinajstić information content (AvgIpc) is 2.58. The van der Waals surface area contributed by atoms with Crippen LogP contribution < -0.4 is 0 Å². The van der Waals surface area contributed by atoms with Gasteiger partial charge in [-0.2, -0.15) is 13.2 Å². The molecular weight excluding hydrogens is 345 g/mol. The van der Waals surface area contributed by atoms with Crippen molar-refractivity contribution >= 4 is 5.97 Å². The van der Waals surface area contributed by atoms with Crippen LogP contribution in [0.2, 0.25) is 0 Å². The lowest BCUT2D eigenvalue weighted by molar-refractivity contribution is -0.138. The number of carbonyl (C=O) groups is 1. The first kappa shape index (κ1) is 19.8. The minimum absolute atomic E-state index is 0.0996. The van der Waals surface area contributed by atoms with Crippen LogP contribution in [0.1, 0.15) is 65.6 Å². The maximum Gasteiger partial charge on any atom is 0.419 e. The molecule has 2 rings (SSSR count). The molecule has 140 valence electrons. The van der Waals surface area contributed by atoms with E-state index >= 15 is 0 Å². The third-order valence-electron chi connectivity index (χ3n) is 4.65. The fraction of sp³-hybridized carbons (Fsp3) is 0.350. The van der Waals surface area contributed by atoms with E-state index in [9.17, 15) is 23.1 Å². The quantitative estimate of drug-likeness (QED) is 0.680. The minimum atomic E-state index is -4.58. The van der Waals surface area contributed by atoms with Crippen molar-refractivity contribution in [3.63, 3.8) is 0 Å². The summed E-state index contributed by atoms with van der Waals surface area (Å²) in [6.07, 6.45) is -3.17. The molecule has 0 bridgehead atoms. The highest BCUT2D eigenvalue weighted by Crippen LogP contribution is 2.38. The number of halogens is 3. The number of phenolic OH excluding ortho intramolecular Hbond substituents is 1. The SMILES string of the molecule is CC(CCC(C)c1ccc(O)c(C(F)(F)F)c1)c1ccc(C(=O)O)cc1. The fourth-order valence-corrected chi connectivity index (χ4v) is 2.87. The van der Waals surface area contributed by atoms with Gasteiger partial charge in [-0.25, -0.2) is 4.79 Å². The molecular formula is C20H21F3O3. The molecule has 6 heteroatoms. The Morgan fingerprint density at radius 1 is 0.962 bits per heavy atom. The highest BCUT2D eigenvalue weighted by Gasteiger charge is 2.34. The molecule has 2 aromatic carbocycles. The van der Waals surface area contributed by atoms with Gasteiger partial charge in [0.15, 0.2) is 0 Å². The smallest absolute Gasteiger partial charge is 0.419 e. The van der Waals surface area contributed by atoms with Crippen LogP contribution >= 0.6 is 0 Å². The number of hydrogen-bond donors (Lipinski definition) is 2. The summed E-state index contributed by atoms with van der Waals surface area (Å²) in [5.74, 6) is -1.69. The number of carboxylic acids is 1. The van der Waals surface area contributed by atoms with Gasteiger partial charge in [0.2, 0.25) is 0 Å². The molecule has 0 saturated carbocycles. The Morgan fingerprint density at radius 3 is 1.96 bits per heavy atom. The molecule has 2 N–H and O–H groups in total. The molecule has 0 radical (unpaired) electrons. The first-order chi connectivity index (χ1) is 12.1. The van der Waals surface area contributed by atoms with Crippen LogP contribution in [0.25, 0.3) is 0 Å². The van der Waals surface area contributed by atoms with Crippen LogP contribution in [-0.2, 0) is 6.18 Å². The standard InChI is InChI=1S/C20H21F3O3/c1-12(14-5-7-15(8-6-14)19(25)26)3-4-13(2)16-9-10-18(24)17(11-16)20(21,22)23/h5-13,24H,3-4H2,1-2H3,(H,25,26). The van der Waals surface area contributed by atoms with Crippen LogP contribution in [0.3, 0.4) is 0 Å². The Bertz CT molecular complexity index is 767. The topological polar surface area (TPSA) is 57.5 Å². The van der Waals surface area contributed by atoms with Crippen LogP contribution in [0.5, 0.6) is 5.75 Å². The molecule has 0 aliphatic rings. The zero-order valence-corrected chi connectivity index (χ0v) is 14.5. The van der Waals surface area contributed by atoms with Crippen LogP contribution in [0.15, 0.2) is 42.5 Å². The van der Waals surface area contributed by atoms with E-state index < -0.39 is 23.5 Å². The van der Waals surface area contributed by atoms with E-state index in [4.69, 9.17) is 5.11 Å². The Morgan fingerprint density at radius 2 is 1.46 bits per heavy atom. The molecule has 3 nitrogen and oxygen atoms in total. The van der Waals surface area contributed by atoms with Gasteiger partial charge in [-0.05, 0) is 60.1 Å². The third kappa shape index (κ3) is 4.77. The average molecular weight is 366 g/mol. The molecule has 0 spiro atoms. The third-order valence-corrected chi connectivity index (χ3v) is 4.65. The van der Waals surface area contributed by atoms with Crippen molar-refractivity contribution in [3.8, 4) is 5.75 Å². The molecule has 2 aromatic rings. The molecule has 0 aliphatic heterocycles. The summed E-state index contributed by atoms with van der Waals surface area (Å²) in [5, 5.41) is 18.3. The van der Waals surface area contributed by atoms with Crippen molar-refractivity contribution in [2.75, 3.05) is 0 Å². The Balaban J connectivity index is 2.04. The number of alkyl halides is 3. The second kappa shape index (κ2) is 7.81. The summed E-state index contributed by atoms with van der Waals surface area (Å²) in [7, 11) is 0. The first-order valence-electron chi connectivity index (χ1n) is 8.33. The monoisotopic (exact) mass is 366 g/mol. The van der Waals surface area contributed by atoms with Crippen LogP contribution in [0.4, 0.5) is 13.2 Å². The number of aromatic hydroxyl groups is 1. The van der Waals surface area contributed by atoms with Gasteiger partial charge in [0.05, 0.1) is 11.1 Å². The summed E-state index contributed by atoms with van der Waals surface area (Å²) < 4.78 is 38.7. The van der Waals surface area contributed by atoms with Gasteiger partial charge in [0.1, 0.15) is 5.75 Å². The van der Waals surface area contributed by atoms with Crippen molar-refractivity contribution in [1.29, 1.82) is 0 Å². The minimum Gasteiger partial charge on any atom is -0.507 e. The number of carboxylic acid groups (broad SMARTS) is 1. The Hall–Kier alpha value is -2.50. The van der Waals surface area contributed by atoms with Crippen molar-refractivity contribution in [3.05, 3.63) is 64.7 Å². The zero-order valence-electron chi connectivity index (χ0n) is 14.5.